The van der Waals surface area contributed by atoms with E-state index in [1.54, 1.807) is 17.5 Å². The Balaban J connectivity index is 2.18. The van der Waals surface area contributed by atoms with Crippen LogP contribution in [0.1, 0.15) is 27.9 Å². The number of fused-ring (bicyclic) bond motifs is 1. The number of carbonyl (C=O) groups excluding carboxylic acids is 1. The fourth-order valence-electron chi connectivity index (χ4n) is 2.27. The van der Waals surface area contributed by atoms with Crippen molar-refractivity contribution in [3.05, 3.63) is 46.6 Å². The fraction of sp³-hybridized carbons (Fsp3) is 0.200. The lowest BCUT2D eigenvalue weighted by Crippen LogP contribution is -1.87. The van der Waals surface area contributed by atoms with E-state index in [0.717, 1.165) is 28.9 Å². The van der Waals surface area contributed by atoms with Gasteiger partial charge in [-0.3, -0.25) is 9.20 Å². The number of benzene rings is 1. The van der Waals surface area contributed by atoms with Crippen LogP contribution >= 0.6 is 11.3 Å². The number of nitrogens with zero attached hydrogens (tertiary/aromatic N) is 2. The second-order valence-corrected chi connectivity index (χ2v) is 5.68. The van der Waals surface area contributed by atoms with Gasteiger partial charge in [-0.25, -0.2) is 4.98 Å². The maximum Gasteiger partial charge on any atom is 0.195 e. The number of hydrogen-bond donors (Lipinski definition) is 0. The average molecular weight is 270 g/mol. The zero-order chi connectivity index (χ0) is 13.4. The molecule has 2 aromatic heterocycles. The number of thiazole rings is 1. The van der Waals surface area contributed by atoms with Crippen molar-refractivity contribution in [2.75, 3.05) is 0 Å². The molecule has 0 atom stereocenters. The van der Waals surface area contributed by atoms with Gasteiger partial charge in [-0.05, 0) is 24.5 Å². The molecular formula is C15H14N2OS. The Morgan fingerprint density at radius 3 is 2.68 bits per heavy atom. The lowest BCUT2D eigenvalue weighted by atomic mass is 10.1. The summed E-state index contributed by atoms with van der Waals surface area (Å²) in [5.74, 6) is 0. The summed E-state index contributed by atoms with van der Waals surface area (Å²) in [5, 5.41) is 0. The van der Waals surface area contributed by atoms with Crippen LogP contribution in [0.4, 0.5) is 0 Å². The van der Waals surface area contributed by atoms with Crippen LogP contribution in [0.15, 0.2) is 30.5 Å². The van der Waals surface area contributed by atoms with Crippen LogP contribution in [0.3, 0.4) is 0 Å². The number of aldehydes is 1. The van der Waals surface area contributed by atoms with Crippen molar-refractivity contribution in [1.82, 2.24) is 9.38 Å². The first-order chi connectivity index (χ1) is 9.22. The predicted octanol–water partition coefficient (Wildman–Crippen LogP) is 3.75. The Morgan fingerprint density at radius 1 is 1.32 bits per heavy atom. The number of imidazole rings is 1. The second-order valence-electron chi connectivity index (χ2n) is 4.49. The summed E-state index contributed by atoms with van der Waals surface area (Å²) >= 11 is 1.61. The van der Waals surface area contributed by atoms with E-state index in [9.17, 15) is 4.79 Å². The van der Waals surface area contributed by atoms with Gasteiger partial charge < -0.3 is 0 Å². The molecule has 3 rings (SSSR count). The van der Waals surface area contributed by atoms with Crippen molar-refractivity contribution in [3.8, 4) is 11.3 Å². The van der Waals surface area contributed by atoms with Crippen LogP contribution in [-0.4, -0.2) is 15.7 Å². The lowest BCUT2D eigenvalue weighted by Gasteiger charge is -2.03. The number of aryl methyl sites for hydroxylation is 2. The average Bonchev–Trinajstić information content (AvgIpc) is 2.95. The van der Waals surface area contributed by atoms with E-state index in [1.165, 1.54) is 10.4 Å². The number of rotatable bonds is 3. The van der Waals surface area contributed by atoms with Gasteiger partial charge >= 0.3 is 0 Å². The van der Waals surface area contributed by atoms with Crippen LogP contribution in [0.25, 0.3) is 16.2 Å². The van der Waals surface area contributed by atoms with Gasteiger partial charge in [0, 0.05) is 11.1 Å². The van der Waals surface area contributed by atoms with Crippen molar-refractivity contribution in [2.24, 2.45) is 0 Å². The van der Waals surface area contributed by atoms with Gasteiger partial charge in [-0.1, -0.05) is 31.2 Å². The van der Waals surface area contributed by atoms with Gasteiger partial charge in [-0.2, -0.15) is 0 Å². The van der Waals surface area contributed by atoms with Gasteiger partial charge in [-0.15, -0.1) is 11.3 Å². The quantitative estimate of drug-likeness (QED) is 0.679. The SMILES string of the molecule is CCc1ccc(-c2c(C)sc3nc(C=O)cn23)cc1. The van der Waals surface area contributed by atoms with Crippen molar-refractivity contribution < 1.29 is 4.79 Å². The molecule has 0 aliphatic heterocycles. The molecule has 4 heteroatoms. The highest BCUT2D eigenvalue weighted by Gasteiger charge is 2.13. The summed E-state index contributed by atoms with van der Waals surface area (Å²) in [6.45, 7) is 4.23. The predicted molar refractivity (Wildman–Crippen MR) is 78.0 cm³/mol. The van der Waals surface area contributed by atoms with Gasteiger partial charge in [0.2, 0.25) is 0 Å². The van der Waals surface area contributed by atoms with E-state index >= 15 is 0 Å². The highest BCUT2D eigenvalue weighted by Crippen LogP contribution is 2.31. The Bertz CT molecular complexity index is 737. The van der Waals surface area contributed by atoms with E-state index in [2.05, 4.69) is 43.1 Å². The minimum atomic E-state index is 0.484. The number of carbonyl (C=O) groups is 1. The maximum atomic E-state index is 10.8. The highest BCUT2D eigenvalue weighted by molar-refractivity contribution is 7.17. The maximum absolute atomic E-state index is 10.8. The molecule has 0 N–H and O–H groups in total. The minimum Gasteiger partial charge on any atom is -0.296 e. The van der Waals surface area contributed by atoms with E-state index in [-0.39, 0.29) is 0 Å². The Labute approximate surface area is 115 Å². The molecule has 0 fully saturated rings. The van der Waals surface area contributed by atoms with E-state index < -0.39 is 0 Å². The Morgan fingerprint density at radius 2 is 2.05 bits per heavy atom. The smallest absolute Gasteiger partial charge is 0.195 e. The summed E-state index contributed by atoms with van der Waals surface area (Å²) in [4.78, 5) is 17.2. The van der Waals surface area contributed by atoms with Crippen molar-refractivity contribution >= 4 is 22.6 Å². The van der Waals surface area contributed by atoms with E-state index in [0.29, 0.717) is 5.69 Å². The highest BCUT2D eigenvalue weighted by atomic mass is 32.1. The number of hydrogen-bond acceptors (Lipinski definition) is 3. The van der Waals surface area contributed by atoms with Crippen molar-refractivity contribution in [2.45, 2.75) is 20.3 Å². The third-order valence-electron chi connectivity index (χ3n) is 3.27. The first-order valence-electron chi connectivity index (χ1n) is 6.26. The van der Waals surface area contributed by atoms with E-state index in [4.69, 9.17) is 0 Å². The molecule has 2 heterocycles. The topological polar surface area (TPSA) is 34.4 Å². The van der Waals surface area contributed by atoms with Crippen molar-refractivity contribution in [3.63, 3.8) is 0 Å². The van der Waals surface area contributed by atoms with Gasteiger partial charge in [0.1, 0.15) is 5.69 Å². The monoisotopic (exact) mass is 270 g/mol. The molecule has 0 spiro atoms. The van der Waals surface area contributed by atoms with Crippen LogP contribution in [0, 0.1) is 6.92 Å². The lowest BCUT2D eigenvalue weighted by molar-refractivity contribution is 0.111. The molecule has 3 nitrogen and oxygen atoms in total. The zero-order valence-electron chi connectivity index (χ0n) is 10.9. The second kappa shape index (κ2) is 4.63. The first kappa shape index (κ1) is 12.1. The van der Waals surface area contributed by atoms with Crippen molar-refractivity contribution in [1.29, 1.82) is 0 Å². The molecule has 0 aliphatic carbocycles. The van der Waals surface area contributed by atoms with E-state index in [1.807, 2.05) is 4.40 Å². The normalized spacial score (nSPS) is 11.1. The Kier molecular flexibility index (Phi) is 2.95. The van der Waals surface area contributed by atoms with Crippen LogP contribution in [0.5, 0.6) is 0 Å². The molecule has 0 saturated carbocycles. The molecule has 0 radical (unpaired) electrons. The molecule has 1 aromatic carbocycles. The molecule has 19 heavy (non-hydrogen) atoms. The van der Waals surface area contributed by atoms with Gasteiger partial charge in [0.05, 0.1) is 5.69 Å². The molecule has 0 bridgehead atoms. The first-order valence-corrected chi connectivity index (χ1v) is 7.07. The largest absolute Gasteiger partial charge is 0.296 e. The molecule has 96 valence electrons. The summed E-state index contributed by atoms with van der Waals surface area (Å²) in [7, 11) is 0. The molecule has 0 saturated heterocycles. The molecular weight excluding hydrogens is 256 g/mol. The molecule has 0 unspecified atom stereocenters. The number of aromatic nitrogens is 2. The molecule has 0 aliphatic rings. The summed E-state index contributed by atoms with van der Waals surface area (Å²) in [6.07, 6.45) is 3.63. The Hall–Kier alpha value is -1.94. The summed E-state index contributed by atoms with van der Waals surface area (Å²) in [5.41, 5.74) is 4.10. The van der Waals surface area contributed by atoms with Crippen LogP contribution in [-0.2, 0) is 6.42 Å². The zero-order valence-corrected chi connectivity index (χ0v) is 11.7. The summed E-state index contributed by atoms with van der Waals surface area (Å²) < 4.78 is 2.00. The molecule has 0 amide bonds. The third kappa shape index (κ3) is 1.98. The van der Waals surface area contributed by atoms with Gasteiger partial charge in [0.25, 0.3) is 0 Å². The van der Waals surface area contributed by atoms with Crippen LogP contribution in [0.2, 0.25) is 0 Å². The standard InChI is InChI=1S/C15H14N2OS/c1-3-11-4-6-12(7-5-11)14-10(2)19-15-16-13(9-18)8-17(14)15/h4-9H,3H2,1-2H3. The van der Waals surface area contributed by atoms with Gasteiger partial charge in [0.15, 0.2) is 11.2 Å². The fourth-order valence-corrected chi connectivity index (χ4v) is 3.25. The minimum absolute atomic E-state index is 0.484. The van der Waals surface area contributed by atoms with Crippen LogP contribution < -0.4 is 0 Å². The third-order valence-corrected chi connectivity index (χ3v) is 4.24. The summed E-state index contributed by atoms with van der Waals surface area (Å²) in [6, 6.07) is 8.56. The molecule has 3 aromatic rings.